The van der Waals surface area contributed by atoms with Gasteiger partial charge in [-0.25, -0.2) is 0 Å². The highest BCUT2D eigenvalue weighted by Crippen LogP contribution is 2.12. The Bertz CT molecular complexity index is 315. The zero-order chi connectivity index (χ0) is 18.4. The Morgan fingerprint density at radius 3 is 2.04 bits per heavy atom. The number of nitrogens with zero attached hydrogens (tertiary/aromatic N) is 1. The van der Waals surface area contributed by atoms with Crippen molar-refractivity contribution in [3.63, 3.8) is 0 Å². The molecule has 0 rings (SSSR count). The van der Waals surface area contributed by atoms with E-state index in [1.54, 1.807) is 0 Å². The molecule has 0 aliphatic carbocycles. The number of carbonyl (C=O) groups is 1. The molecule has 0 saturated heterocycles. The third-order valence-corrected chi connectivity index (χ3v) is 4.07. The topological polar surface area (TPSA) is 66.8 Å². The number of aliphatic hydroxyl groups is 1. The van der Waals surface area contributed by atoms with Crippen LogP contribution in [0.1, 0.15) is 71.1 Å². The Balaban J connectivity index is 3.79. The van der Waals surface area contributed by atoms with Crippen molar-refractivity contribution in [2.75, 3.05) is 34.3 Å². The number of hydrogen-bond donors (Lipinski definition) is 2. The van der Waals surface area contributed by atoms with Gasteiger partial charge in [-0.1, -0.05) is 58.3 Å². The molecule has 2 atom stereocenters. The van der Waals surface area contributed by atoms with Gasteiger partial charge in [0.05, 0.1) is 40.3 Å². The van der Waals surface area contributed by atoms with E-state index in [2.05, 4.69) is 6.92 Å². The summed E-state index contributed by atoms with van der Waals surface area (Å²) in [6.07, 6.45) is 9.84. The number of rotatable bonds is 16. The van der Waals surface area contributed by atoms with Gasteiger partial charge in [-0.2, -0.15) is 0 Å². The first kappa shape index (κ1) is 23.4. The maximum atomic E-state index is 10.9. The van der Waals surface area contributed by atoms with Crippen LogP contribution in [0.15, 0.2) is 0 Å². The maximum absolute atomic E-state index is 10.9. The molecule has 0 aromatic carbocycles. The van der Waals surface area contributed by atoms with Crippen LogP contribution in [0.25, 0.3) is 0 Å². The molecular weight excluding hydrogens is 306 g/mol. The van der Waals surface area contributed by atoms with Gasteiger partial charge in [0.15, 0.2) is 0 Å². The third kappa shape index (κ3) is 16.2. The second kappa shape index (κ2) is 13.6. The van der Waals surface area contributed by atoms with Crippen molar-refractivity contribution in [2.24, 2.45) is 0 Å². The molecule has 5 nitrogen and oxygen atoms in total. The summed E-state index contributed by atoms with van der Waals surface area (Å²) in [4.78, 5) is 10.9. The van der Waals surface area contributed by atoms with Crippen LogP contribution in [-0.2, 0) is 9.53 Å². The Morgan fingerprint density at radius 1 is 1.00 bits per heavy atom. The van der Waals surface area contributed by atoms with Crippen LogP contribution in [0.3, 0.4) is 0 Å². The first-order chi connectivity index (χ1) is 11.2. The number of unbranched alkanes of at least 4 members (excludes halogenated alkanes) is 7. The minimum absolute atomic E-state index is 0.0139. The second-order valence-electron chi connectivity index (χ2n) is 7.94. The van der Waals surface area contributed by atoms with E-state index in [1.165, 1.54) is 38.5 Å². The minimum atomic E-state index is -0.856. The Hall–Kier alpha value is -0.650. The molecule has 144 valence electrons. The third-order valence-electron chi connectivity index (χ3n) is 4.07. The van der Waals surface area contributed by atoms with Crippen molar-refractivity contribution in [1.29, 1.82) is 0 Å². The lowest BCUT2D eigenvalue weighted by Crippen LogP contribution is -2.43. The van der Waals surface area contributed by atoms with Crippen LogP contribution in [-0.4, -0.2) is 67.2 Å². The van der Waals surface area contributed by atoms with Gasteiger partial charge in [-0.3, -0.25) is 4.79 Å². The fourth-order valence-electron chi connectivity index (χ4n) is 2.83. The number of carboxylic acids is 1. The monoisotopic (exact) mass is 346 g/mol. The summed E-state index contributed by atoms with van der Waals surface area (Å²) >= 11 is 0. The van der Waals surface area contributed by atoms with Gasteiger partial charge in [0, 0.05) is 0 Å². The van der Waals surface area contributed by atoms with Crippen molar-refractivity contribution >= 4 is 5.97 Å². The fourth-order valence-corrected chi connectivity index (χ4v) is 2.83. The summed E-state index contributed by atoms with van der Waals surface area (Å²) in [6, 6.07) is 0. The molecule has 0 bridgehead atoms. The van der Waals surface area contributed by atoms with Crippen LogP contribution >= 0.6 is 0 Å². The summed E-state index contributed by atoms with van der Waals surface area (Å²) < 4.78 is 6.31. The van der Waals surface area contributed by atoms with Crippen LogP contribution in [0.2, 0.25) is 0 Å². The van der Waals surface area contributed by atoms with Crippen molar-refractivity contribution in [1.82, 2.24) is 0 Å². The lowest BCUT2D eigenvalue weighted by Gasteiger charge is -2.29. The van der Waals surface area contributed by atoms with Gasteiger partial charge in [0.25, 0.3) is 0 Å². The van der Waals surface area contributed by atoms with E-state index in [-0.39, 0.29) is 19.1 Å². The molecule has 0 aliphatic heterocycles. The lowest BCUT2D eigenvalue weighted by molar-refractivity contribution is -0.873. The molecule has 0 aliphatic rings. The molecule has 2 N–H and O–H groups in total. The zero-order valence-electron chi connectivity index (χ0n) is 16.3. The first-order valence-electron chi connectivity index (χ1n) is 9.56. The lowest BCUT2D eigenvalue weighted by atomic mass is 10.1. The molecular formula is C19H40NO4+. The van der Waals surface area contributed by atoms with Crippen molar-refractivity contribution in [3.05, 3.63) is 0 Å². The zero-order valence-corrected chi connectivity index (χ0v) is 16.3. The predicted molar refractivity (Wildman–Crippen MR) is 98.1 cm³/mol. The van der Waals surface area contributed by atoms with Gasteiger partial charge >= 0.3 is 5.97 Å². The van der Waals surface area contributed by atoms with E-state index < -0.39 is 12.1 Å². The number of carboxylic acid groups (broad SMARTS) is 1. The number of likely N-dealkylation sites (N-methyl/N-ethyl adjacent to an activating group) is 1. The van der Waals surface area contributed by atoms with E-state index in [0.29, 0.717) is 11.0 Å². The van der Waals surface area contributed by atoms with E-state index in [1.807, 2.05) is 21.1 Å². The quantitative estimate of drug-likeness (QED) is 0.332. The van der Waals surface area contributed by atoms with E-state index in [0.717, 1.165) is 19.3 Å². The van der Waals surface area contributed by atoms with Gasteiger partial charge < -0.3 is 19.4 Å². The van der Waals surface area contributed by atoms with Crippen LogP contribution < -0.4 is 0 Å². The van der Waals surface area contributed by atoms with E-state index >= 15 is 0 Å². The summed E-state index contributed by atoms with van der Waals surface area (Å²) in [6.45, 7) is 3.08. The molecule has 0 spiro atoms. The van der Waals surface area contributed by atoms with Crippen molar-refractivity contribution in [3.8, 4) is 0 Å². The minimum Gasteiger partial charge on any atom is -0.481 e. The maximum Gasteiger partial charge on any atom is 0.306 e. The Labute approximate surface area is 148 Å². The fraction of sp³-hybridized carbons (Fsp3) is 0.947. The smallest absolute Gasteiger partial charge is 0.306 e. The van der Waals surface area contributed by atoms with Crippen LogP contribution in [0.5, 0.6) is 0 Å². The average Bonchev–Trinajstić information content (AvgIpc) is 2.45. The summed E-state index contributed by atoms with van der Waals surface area (Å²) in [7, 11) is 6.03. The Kier molecular flexibility index (Phi) is 13.3. The van der Waals surface area contributed by atoms with Gasteiger partial charge in [0.2, 0.25) is 0 Å². The normalized spacial score (nSPS) is 14.5. The number of aliphatic carboxylic acids is 1. The molecule has 0 saturated carbocycles. The summed E-state index contributed by atoms with van der Waals surface area (Å²) in [5.41, 5.74) is 0. The molecule has 24 heavy (non-hydrogen) atoms. The number of hydrogen-bond acceptors (Lipinski definition) is 3. The molecule has 1 unspecified atom stereocenters. The first-order valence-corrected chi connectivity index (χ1v) is 9.56. The van der Waals surface area contributed by atoms with Crippen LogP contribution in [0, 0.1) is 0 Å². The molecule has 5 heteroatoms. The molecule has 0 heterocycles. The largest absolute Gasteiger partial charge is 0.481 e. The molecule has 0 aromatic heterocycles. The van der Waals surface area contributed by atoms with Gasteiger partial charge in [0.1, 0.15) is 12.6 Å². The van der Waals surface area contributed by atoms with Gasteiger partial charge in [-0.05, 0) is 6.42 Å². The van der Waals surface area contributed by atoms with Crippen molar-refractivity contribution in [2.45, 2.75) is 83.3 Å². The predicted octanol–water partition coefficient (Wildman–Crippen LogP) is 3.44. The highest BCUT2D eigenvalue weighted by atomic mass is 16.5. The SMILES string of the molecule is CCCCCCCCCCC(O)CO[C@H](CC(=O)O)C[N+](C)(C)C. The van der Waals surface area contributed by atoms with E-state index in [9.17, 15) is 9.90 Å². The summed E-state index contributed by atoms with van der Waals surface area (Å²) in [5.74, 6) is -0.856. The average molecular weight is 347 g/mol. The van der Waals surface area contributed by atoms with Crippen molar-refractivity contribution < 1.29 is 24.2 Å². The number of aliphatic hydroxyl groups excluding tert-OH is 1. The molecule has 0 amide bonds. The Morgan fingerprint density at radius 2 is 1.54 bits per heavy atom. The second-order valence-corrected chi connectivity index (χ2v) is 7.94. The number of quaternary nitrogens is 1. The van der Waals surface area contributed by atoms with Crippen LogP contribution in [0.4, 0.5) is 0 Å². The summed E-state index contributed by atoms with van der Waals surface area (Å²) in [5, 5.41) is 19.0. The molecule has 0 fully saturated rings. The van der Waals surface area contributed by atoms with Gasteiger partial charge in [-0.15, -0.1) is 0 Å². The number of ether oxygens (including phenoxy) is 1. The molecule has 0 aromatic rings. The highest BCUT2D eigenvalue weighted by Gasteiger charge is 2.22. The van der Waals surface area contributed by atoms with E-state index in [4.69, 9.17) is 9.84 Å². The standard InChI is InChI=1S/C19H39NO4/c1-5-6-7-8-9-10-11-12-13-17(21)16-24-18(14-19(22)23)15-20(2,3)4/h17-18,21H,5-16H2,1-4H3/p+1/t17?,18-/m1/s1. The molecule has 0 radical (unpaired) electrons. The highest BCUT2D eigenvalue weighted by molar-refractivity contribution is 5.67.